The Balaban J connectivity index is 1.72. The number of carbonyl (C=O) groups is 3. The monoisotopic (exact) mass is 430 g/mol. The van der Waals surface area contributed by atoms with Gasteiger partial charge in [-0.15, -0.1) is 0 Å². The van der Waals surface area contributed by atoms with Crippen LogP contribution in [0, 0.1) is 0 Å². The fraction of sp³-hybridized carbons (Fsp3) is 0.250. The van der Waals surface area contributed by atoms with E-state index < -0.39 is 11.6 Å². The smallest absolute Gasteiger partial charge is 0.325 e. The Hall–Kier alpha value is -2.67. The maximum Gasteiger partial charge on any atom is 0.325 e. The largest absolute Gasteiger partial charge is 0.491 e. The van der Waals surface area contributed by atoms with Crippen molar-refractivity contribution in [2.45, 2.75) is 19.4 Å². The summed E-state index contributed by atoms with van der Waals surface area (Å²) in [6.45, 7) is 3.31. The Kier molecular flexibility index (Phi) is 5.32. The number of ketones is 1. The molecule has 0 radical (unpaired) electrons. The van der Waals surface area contributed by atoms with E-state index >= 15 is 0 Å². The number of para-hydroxylation sites is 1. The molecule has 7 heteroatoms. The molecule has 1 saturated heterocycles. The maximum absolute atomic E-state index is 12.9. The van der Waals surface area contributed by atoms with Gasteiger partial charge in [0.15, 0.2) is 5.78 Å². The molecule has 1 atom stereocenters. The number of amides is 3. The molecule has 0 spiro atoms. The summed E-state index contributed by atoms with van der Waals surface area (Å²) in [6.07, 6.45) is 0. The number of halogens is 1. The molecule has 27 heavy (non-hydrogen) atoms. The summed E-state index contributed by atoms with van der Waals surface area (Å²) in [5, 5.41) is 2.76. The number of carbonyl (C=O) groups excluding carboxylic acids is 3. The van der Waals surface area contributed by atoms with Crippen molar-refractivity contribution in [2.75, 3.05) is 13.2 Å². The van der Waals surface area contributed by atoms with Crippen LogP contribution in [-0.2, 0) is 10.3 Å². The average Bonchev–Trinajstić information content (AvgIpc) is 2.86. The van der Waals surface area contributed by atoms with Crippen LogP contribution in [0.25, 0.3) is 0 Å². The van der Waals surface area contributed by atoms with Crippen LogP contribution in [0.1, 0.15) is 29.8 Å². The molecule has 1 fully saturated rings. The van der Waals surface area contributed by atoms with Crippen LogP contribution in [0.2, 0.25) is 0 Å². The second-order valence-corrected chi connectivity index (χ2v) is 7.25. The lowest BCUT2D eigenvalue weighted by molar-refractivity contribution is -0.131. The number of imide groups is 1. The molecule has 1 N–H and O–H groups in total. The normalized spacial score (nSPS) is 19.1. The number of rotatable bonds is 6. The van der Waals surface area contributed by atoms with Gasteiger partial charge in [0.1, 0.15) is 17.9 Å². The van der Waals surface area contributed by atoms with Gasteiger partial charge in [-0.2, -0.15) is 0 Å². The molecule has 6 nitrogen and oxygen atoms in total. The molecule has 0 saturated carbocycles. The molecule has 2 aromatic rings. The van der Waals surface area contributed by atoms with Crippen molar-refractivity contribution in [1.29, 1.82) is 0 Å². The van der Waals surface area contributed by atoms with E-state index in [2.05, 4.69) is 21.2 Å². The summed E-state index contributed by atoms with van der Waals surface area (Å²) in [6, 6.07) is 13.7. The van der Waals surface area contributed by atoms with Gasteiger partial charge in [0, 0.05) is 10.0 Å². The highest BCUT2D eigenvalue weighted by molar-refractivity contribution is 9.10. The number of urea groups is 1. The zero-order valence-electron chi connectivity index (χ0n) is 15.0. The number of hydrogen-bond acceptors (Lipinski definition) is 4. The van der Waals surface area contributed by atoms with Crippen molar-refractivity contribution in [1.82, 2.24) is 10.2 Å². The van der Waals surface area contributed by atoms with E-state index in [-0.39, 0.29) is 24.8 Å². The fourth-order valence-corrected chi connectivity index (χ4v) is 3.76. The Morgan fingerprint density at radius 3 is 2.52 bits per heavy atom. The van der Waals surface area contributed by atoms with Gasteiger partial charge in [-0.25, -0.2) is 4.79 Å². The molecule has 0 aromatic heterocycles. The summed E-state index contributed by atoms with van der Waals surface area (Å²) in [4.78, 5) is 38.1. The minimum Gasteiger partial charge on any atom is -0.491 e. The van der Waals surface area contributed by atoms with Crippen molar-refractivity contribution >= 4 is 33.7 Å². The maximum atomic E-state index is 12.9. The van der Waals surface area contributed by atoms with E-state index in [0.717, 1.165) is 9.37 Å². The van der Waals surface area contributed by atoms with Crippen LogP contribution in [-0.4, -0.2) is 35.8 Å². The Labute approximate surface area is 165 Å². The molecule has 0 unspecified atom stereocenters. The number of ether oxygens (including phenoxy) is 1. The minimum atomic E-state index is -1.14. The Morgan fingerprint density at radius 2 is 1.81 bits per heavy atom. The van der Waals surface area contributed by atoms with E-state index in [1.54, 1.807) is 37.3 Å². The third-order valence-corrected chi connectivity index (χ3v) is 5.22. The Bertz CT molecular complexity index is 914. The van der Waals surface area contributed by atoms with Gasteiger partial charge in [0.05, 0.1) is 12.1 Å². The van der Waals surface area contributed by atoms with Crippen molar-refractivity contribution in [3.63, 3.8) is 0 Å². The second kappa shape index (κ2) is 7.52. The van der Waals surface area contributed by atoms with Gasteiger partial charge in [0.25, 0.3) is 5.91 Å². The quantitative estimate of drug-likeness (QED) is 0.561. The van der Waals surface area contributed by atoms with Crippen LogP contribution < -0.4 is 10.1 Å². The summed E-state index contributed by atoms with van der Waals surface area (Å²) in [7, 11) is 0. The zero-order valence-corrected chi connectivity index (χ0v) is 16.6. The highest BCUT2D eigenvalue weighted by Crippen LogP contribution is 2.33. The number of Topliss-reactive ketones (excluding diaryl/α,β-unsaturated/α-hetero) is 1. The third-order valence-electron chi connectivity index (χ3n) is 4.53. The van der Waals surface area contributed by atoms with Crippen molar-refractivity contribution in [3.8, 4) is 5.75 Å². The van der Waals surface area contributed by atoms with Crippen LogP contribution >= 0.6 is 15.9 Å². The molecule has 1 aliphatic heterocycles. The highest BCUT2D eigenvalue weighted by atomic mass is 79.9. The first-order chi connectivity index (χ1) is 12.8. The Morgan fingerprint density at radius 1 is 1.15 bits per heavy atom. The van der Waals surface area contributed by atoms with Gasteiger partial charge in [-0.3, -0.25) is 14.5 Å². The standard InChI is InChI=1S/C20H19BrN2O4/c1-13(24)14-7-3-6-10-17(14)27-12-11-23-18(25)20(2,22-19(23)26)15-8-4-5-9-16(15)21/h3-10H,11-12H2,1-2H3,(H,22,26)/t20-/m0/s1. The number of hydrogen-bond donors (Lipinski definition) is 1. The summed E-state index contributed by atoms with van der Waals surface area (Å²) < 4.78 is 6.40. The van der Waals surface area contributed by atoms with E-state index in [1.165, 1.54) is 6.92 Å². The van der Waals surface area contributed by atoms with E-state index in [1.807, 2.05) is 18.2 Å². The van der Waals surface area contributed by atoms with E-state index in [0.29, 0.717) is 16.9 Å². The molecule has 1 heterocycles. The lowest BCUT2D eigenvalue weighted by Crippen LogP contribution is -2.41. The van der Waals surface area contributed by atoms with Crippen molar-refractivity contribution in [2.24, 2.45) is 0 Å². The van der Waals surface area contributed by atoms with Crippen molar-refractivity contribution < 1.29 is 19.1 Å². The number of nitrogens with one attached hydrogen (secondary N) is 1. The van der Waals surface area contributed by atoms with Gasteiger partial charge < -0.3 is 10.1 Å². The zero-order chi connectivity index (χ0) is 19.6. The third kappa shape index (κ3) is 3.60. The SMILES string of the molecule is CC(=O)c1ccccc1OCCN1C(=O)N[C@@](C)(c2ccccc2Br)C1=O. The second-order valence-electron chi connectivity index (χ2n) is 6.39. The van der Waals surface area contributed by atoms with E-state index in [4.69, 9.17) is 4.74 Å². The predicted octanol–water partition coefficient (Wildman–Crippen LogP) is 3.50. The molecule has 2 aromatic carbocycles. The van der Waals surface area contributed by atoms with Gasteiger partial charge in [-0.05, 0) is 32.0 Å². The molecule has 3 amide bonds. The van der Waals surface area contributed by atoms with Crippen LogP contribution in [0.4, 0.5) is 4.79 Å². The molecular weight excluding hydrogens is 412 g/mol. The summed E-state index contributed by atoms with van der Waals surface area (Å²) in [5.74, 6) is -0.0180. The number of nitrogens with zero attached hydrogens (tertiary/aromatic N) is 1. The molecule has 0 aliphatic carbocycles. The minimum absolute atomic E-state index is 0.0803. The first kappa shape index (κ1) is 19.1. The lowest BCUT2D eigenvalue weighted by atomic mass is 9.92. The van der Waals surface area contributed by atoms with E-state index in [9.17, 15) is 14.4 Å². The van der Waals surface area contributed by atoms with Gasteiger partial charge in [-0.1, -0.05) is 46.3 Å². The predicted molar refractivity (Wildman–Crippen MR) is 104 cm³/mol. The molecule has 1 aliphatic rings. The topological polar surface area (TPSA) is 75.7 Å². The number of benzene rings is 2. The molecule has 0 bridgehead atoms. The fourth-order valence-electron chi connectivity index (χ4n) is 3.08. The van der Waals surface area contributed by atoms with Gasteiger partial charge >= 0.3 is 6.03 Å². The first-order valence-corrected chi connectivity index (χ1v) is 9.26. The van der Waals surface area contributed by atoms with Crippen LogP contribution in [0.15, 0.2) is 53.0 Å². The lowest BCUT2D eigenvalue weighted by Gasteiger charge is -2.23. The highest BCUT2D eigenvalue weighted by Gasteiger charge is 2.49. The van der Waals surface area contributed by atoms with Crippen molar-refractivity contribution in [3.05, 3.63) is 64.1 Å². The first-order valence-electron chi connectivity index (χ1n) is 8.46. The molecule has 140 valence electrons. The molecular formula is C20H19BrN2O4. The summed E-state index contributed by atoms with van der Waals surface area (Å²) in [5.41, 5.74) is 0.00974. The van der Waals surface area contributed by atoms with Crippen LogP contribution in [0.5, 0.6) is 5.75 Å². The van der Waals surface area contributed by atoms with Crippen LogP contribution in [0.3, 0.4) is 0 Å². The summed E-state index contributed by atoms with van der Waals surface area (Å²) >= 11 is 3.43. The average molecular weight is 431 g/mol. The molecule has 3 rings (SSSR count). The van der Waals surface area contributed by atoms with Gasteiger partial charge in [0.2, 0.25) is 0 Å².